The molecule has 276 valence electrons. The largest absolute Gasteiger partial charge is 0.478 e. The molecule has 0 aromatic heterocycles. The first-order valence-electron chi connectivity index (χ1n) is 19.9. The maximum absolute atomic E-state index is 11.6. The van der Waals surface area contributed by atoms with Gasteiger partial charge in [-0.1, -0.05) is 65.0 Å². The van der Waals surface area contributed by atoms with Crippen molar-refractivity contribution in [1.29, 1.82) is 0 Å². The van der Waals surface area contributed by atoms with Gasteiger partial charge in [-0.15, -0.1) is 0 Å². The fourth-order valence-corrected chi connectivity index (χ4v) is 17.0. The van der Waals surface area contributed by atoms with Gasteiger partial charge in [0, 0.05) is 31.2 Å². The van der Waals surface area contributed by atoms with Crippen molar-refractivity contribution in [2.24, 2.45) is 51.2 Å². The van der Waals surface area contributed by atoms with E-state index in [9.17, 15) is 19.0 Å². The summed E-state index contributed by atoms with van der Waals surface area (Å²) < 4.78 is 20.9. The molecule has 1 aromatic rings. The van der Waals surface area contributed by atoms with Crippen LogP contribution in [-0.2, 0) is 0 Å². The lowest BCUT2D eigenvalue weighted by atomic mass is 9.33. The van der Waals surface area contributed by atoms with E-state index in [1.165, 1.54) is 68.1 Å². The number of nitrogens with zero attached hydrogens (tertiary/aromatic N) is 1. The molecule has 6 nitrogen and oxygen atoms in total. The number of allylic oxidation sites excluding steroid dienone is 3. The zero-order valence-corrected chi connectivity index (χ0v) is 32.5. The minimum absolute atomic E-state index is 0.0188. The van der Waals surface area contributed by atoms with E-state index in [0.29, 0.717) is 52.4 Å². The van der Waals surface area contributed by atoms with Crippen LogP contribution in [0.25, 0.3) is 5.57 Å². The van der Waals surface area contributed by atoms with Gasteiger partial charge in [0.2, 0.25) is 0 Å². The number of benzene rings is 1. The predicted molar refractivity (Wildman–Crippen MR) is 206 cm³/mol. The fourth-order valence-electron chi connectivity index (χ4n) is 14.9. The molecule has 2 heterocycles. The van der Waals surface area contributed by atoms with Gasteiger partial charge in [-0.05, 0) is 146 Å². The predicted octanol–water partition coefficient (Wildman–Crippen LogP) is 9.58. The van der Waals surface area contributed by atoms with Crippen LogP contribution >= 0.6 is 10.6 Å². The third kappa shape index (κ3) is 4.91. The number of hydrogen-bond acceptors (Lipinski definition) is 5. The van der Waals surface area contributed by atoms with Crippen molar-refractivity contribution in [3.05, 3.63) is 53.6 Å². The summed E-state index contributed by atoms with van der Waals surface area (Å²) in [6.45, 7) is 22.8. The Morgan fingerprint density at radius 2 is 1.70 bits per heavy atom. The third-order valence-corrected chi connectivity index (χ3v) is 19.7. The molecule has 5 aliphatic carbocycles. The Labute approximate surface area is 303 Å². The number of aromatic carboxylic acids is 1. The molecule has 0 radical (unpaired) electrons. The number of hydrogen-bond donors (Lipinski definition) is 4. The summed E-state index contributed by atoms with van der Waals surface area (Å²) in [4.78, 5) is 14.1. The van der Waals surface area contributed by atoms with E-state index < -0.39 is 16.6 Å². The van der Waals surface area contributed by atoms with Crippen molar-refractivity contribution in [2.45, 2.75) is 123 Å². The SMILES string of the molecule is C=C(C)[C@@H]1CC[C@]2(NCCN3C[C@@H]4C[C@H]3CS4(O)O)CC[C@]3(C)[C@H](CC[C@@H]4[C@@]5(C)CC=C(c6ccc(C(=O)O)cc6)C(C)(C)[C@@H]5CC[C@]43C)[C@@H]12. The molecule has 50 heavy (non-hydrogen) atoms. The molecule has 0 amide bonds. The van der Waals surface area contributed by atoms with E-state index in [2.05, 4.69) is 64.4 Å². The Bertz CT molecular complexity index is 1590. The fraction of sp³-hybridized carbons (Fsp3) is 0.744. The zero-order valence-electron chi connectivity index (χ0n) is 31.6. The van der Waals surface area contributed by atoms with Gasteiger partial charge in [-0.25, -0.2) is 4.79 Å². The number of rotatable bonds is 7. The highest BCUT2D eigenvalue weighted by Crippen LogP contribution is 2.76. The summed E-state index contributed by atoms with van der Waals surface area (Å²) in [5.41, 5.74) is 5.35. The van der Waals surface area contributed by atoms with Crippen LogP contribution in [0.4, 0.5) is 0 Å². The average Bonchev–Trinajstić information content (AvgIpc) is 3.72. The molecule has 2 saturated heterocycles. The molecule has 8 rings (SSSR count). The molecule has 7 heteroatoms. The number of fused-ring (bicyclic) bond motifs is 9. The van der Waals surface area contributed by atoms with Gasteiger partial charge in [0.25, 0.3) is 0 Å². The van der Waals surface area contributed by atoms with E-state index in [4.69, 9.17) is 0 Å². The van der Waals surface area contributed by atoms with E-state index in [0.717, 1.165) is 32.5 Å². The molecule has 4 N–H and O–H groups in total. The second-order valence-electron chi connectivity index (χ2n) is 19.6. The maximum Gasteiger partial charge on any atom is 0.335 e. The normalized spacial score (nSPS) is 46.2. The van der Waals surface area contributed by atoms with Gasteiger partial charge in [0.1, 0.15) is 0 Å². The van der Waals surface area contributed by atoms with Gasteiger partial charge < -0.3 is 10.4 Å². The van der Waals surface area contributed by atoms with Gasteiger partial charge in [-0.2, -0.15) is 10.6 Å². The number of carboxylic acid groups (broad SMARTS) is 1. The van der Waals surface area contributed by atoms with Crippen LogP contribution < -0.4 is 5.32 Å². The van der Waals surface area contributed by atoms with Crippen LogP contribution in [0.3, 0.4) is 0 Å². The van der Waals surface area contributed by atoms with E-state index in [1.54, 1.807) is 12.1 Å². The zero-order chi connectivity index (χ0) is 35.6. The molecule has 0 unspecified atom stereocenters. The van der Waals surface area contributed by atoms with Crippen molar-refractivity contribution in [2.75, 3.05) is 25.4 Å². The molecule has 7 aliphatic rings. The average molecular weight is 705 g/mol. The molecule has 2 bridgehead atoms. The Morgan fingerprint density at radius 3 is 2.34 bits per heavy atom. The molecular formula is C43H64N2O4S. The van der Waals surface area contributed by atoms with Crippen LogP contribution in [0.5, 0.6) is 0 Å². The van der Waals surface area contributed by atoms with Crippen LogP contribution in [0.2, 0.25) is 0 Å². The first kappa shape index (κ1) is 35.4. The van der Waals surface area contributed by atoms with Gasteiger partial charge in [0.15, 0.2) is 0 Å². The monoisotopic (exact) mass is 704 g/mol. The summed E-state index contributed by atoms with van der Waals surface area (Å²) in [5.74, 6) is 2.91. The van der Waals surface area contributed by atoms with Gasteiger partial charge >= 0.3 is 5.97 Å². The summed E-state index contributed by atoms with van der Waals surface area (Å²) >= 11 is 0. The summed E-state index contributed by atoms with van der Waals surface area (Å²) in [7, 11) is -2.36. The molecule has 0 spiro atoms. The molecule has 6 fully saturated rings. The lowest BCUT2D eigenvalue weighted by Gasteiger charge is -2.72. The van der Waals surface area contributed by atoms with Crippen LogP contribution in [0, 0.1) is 51.2 Å². The quantitative estimate of drug-likeness (QED) is 0.211. The maximum atomic E-state index is 11.6. The van der Waals surface area contributed by atoms with Crippen molar-refractivity contribution in [1.82, 2.24) is 10.2 Å². The minimum Gasteiger partial charge on any atom is -0.478 e. The second kappa shape index (κ2) is 11.7. The number of likely N-dealkylation sites (tertiary alicyclic amines) is 1. The van der Waals surface area contributed by atoms with Crippen molar-refractivity contribution < 1.29 is 19.0 Å². The van der Waals surface area contributed by atoms with Gasteiger partial charge in [0.05, 0.1) is 16.6 Å². The number of carbonyl (C=O) groups is 1. The minimum atomic E-state index is -2.36. The Kier molecular flexibility index (Phi) is 8.27. The lowest BCUT2D eigenvalue weighted by molar-refractivity contribution is -0.219. The smallest absolute Gasteiger partial charge is 0.335 e. The molecule has 1 aromatic carbocycles. The van der Waals surface area contributed by atoms with Crippen molar-refractivity contribution in [3.8, 4) is 0 Å². The Hall–Kier alpha value is -1.64. The number of nitrogens with one attached hydrogen (secondary N) is 1. The van der Waals surface area contributed by atoms with Crippen LogP contribution in [0.15, 0.2) is 42.5 Å². The topological polar surface area (TPSA) is 93.0 Å². The summed E-state index contributed by atoms with van der Waals surface area (Å²) in [6.07, 6.45) is 14.9. The van der Waals surface area contributed by atoms with E-state index in [-0.39, 0.29) is 27.0 Å². The van der Waals surface area contributed by atoms with Gasteiger partial charge in [-0.3, -0.25) is 14.0 Å². The second-order valence-corrected chi connectivity index (χ2v) is 22.0. The Morgan fingerprint density at radius 1 is 0.960 bits per heavy atom. The molecular weight excluding hydrogens is 641 g/mol. The summed E-state index contributed by atoms with van der Waals surface area (Å²) in [6, 6.07) is 7.96. The van der Waals surface area contributed by atoms with E-state index in [1.807, 2.05) is 12.1 Å². The van der Waals surface area contributed by atoms with Crippen LogP contribution in [-0.4, -0.2) is 67.3 Å². The highest BCUT2D eigenvalue weighted by Gasteiger charge is 2.70. The van der Waals surface area contributed by atoms with E-state index >= 15 is 0 Å². The number of carboxylic acids is 1. The van der Waals surface area contributed by atoms with Crippen molar-refractivity contribution >= 4 is 22.1 Å². The van der Waals surface area contributed by atoms with Crippen molar-refractivity contribution in [3.63, 3.8) is 0 Å². The van der Waals surface area contributed by atoms with Crippen LogP contribution in [0.1, 0.15) is 122 Å². The first-order chi connectivity index (χ1) is 23.5. The Balaban J connectivity index is 1.05. The highest BCUT2D eigenvalue weighted by atomic mass is 32.3. The summed E-state index contributed by atoms with van der Waals surface area (Å²) in [5, 5.41) is 13.9. The lowest BCUT2D eigenvalue weighted by Crippen LogP contribution is -2.68. The molecule has 2 aliphatic heterocycles. The highest BCUT2D eigenvalue weighted by molar-refractivity contribution is 8.25. The first-order valence-corrected chi connectivity index (χ1v) is 21.7. The standard InChI is InChI=1S/C43H64N2O4S/c1-27(2)32-14-19-43(44-22-23-45-25-31-24-30(45)26-50(31,48)49)21-20-41(6)34(37(32)43)12-13-36-40(5)17-15-33(28-8-10-29(11-9-28)38(46)47)39(3,4)35(40)16-18-42(36,41)7/h8-11,15,30-32,34-37,44,48-49H,1,12-14,16-26H2,2-7H3,(H,46,47)/t30-,31-,32-,34+,35-,36+,37+,40-,41+,42+,43-/m0/s1. The molecule has 4 saturated carbocycles. The molecule has 11 atom stereocenters. The third-order valence-electron chi connectivity index (χ3n) is 17.4.